The molecule has 0 fully saturated rings. The lowest BCUT2D eigenvalue weighted by Gasteiger charge is -2.09. The van der Waals surface area contributed by atoms with Crippen LogP contribution in [0.5, 0.6) is 5.75 Å². The number of hydrogen-bond donors (Lipinski definition) is 1. The fourth-order valence-corrected chi connectivity index (χ4v) is 3.34. The minimum absolute atomic E-state index is 0.0570. The van der Waals surface area contributed by atoms with Gasteiger partial charge in [0.25, 0.3) is 11.6 Å². The maximum absolute atomic E-state index is 12.5. The molecular weight excluding hydrogens is 481 g/mol. The molecule has 0 spiro atoms. The molecule has 0 atom stereocenters. The van der Waals surface area contributed by atoms with Crippen molar-refractivity contribution in [3.05, 3.63) is 103 Å². The van der Waals surface area contributed by atoms with Crippen molar-refractivity contribution in [2.24, 2.45) is 0 Å². The second kappa shape index (κ2) is 10.6. The lowest BCUT2D eigenvalue weighted by molar-refractivity contribution is -0.384. The van der Waals surface area contributed by atoms with Crippen molar-refractivity contribution < 1.29 is 19.2 Å². The minimum Gasteiger partial charge on any atom is -0.423 e. The molecule has 1 N–H and O–H groups in total. The summed E-state index contributed by atoms with van der Waals surface area (Å²) in [5, 5.41) is 22.4. The van der Waals surface area contributed by atoms with Crippen molar-refractivity contribution in [2.75, 3.05) is 5.32 Å². The molecule has 3 aromatic rings. The van der Waals surface area contributed by atoms with Gasteiger partial charge in [-0.1, -0.05) is 53.0 Å². The van der Waals surface area contributed by atoms with Crippen LogP contribution in [0.1, 0.15) is 21.5 Å². The normalized spacial score (nSPS) is 10.8. The molecule has 0 aliphatic carbocycles. The quantitative estimate of drug-likeness (QED) is 0.112. The number of nitro groups is 1. The Balaban J connectivity index is 1.73. The number of rotatable bonds is 6. The van der Waals surface area contributed by atoms with Crippen LogP contribution in [0.25, 0.3) is 6.08 Å². The zero-order chi connectivity index (χ0) is 24.8. The number of aryl methyl sites for hydroxylation is 1. The fraction of sp³-hybridized carbons (Fsp3) is 0.0417. The van der Waals surface area contributed by atoms with E-state index in [1.54, 1.807) is 42.5 Å². The Morgan fingerprint density at radius 1 is 1.06 bits per heavy atom. The van der Waals surface area contributed by atoms with E-state index in [-0.39, 0.29) is 32.7 Å². The van der Waals surface area contributed by atoms with Gasteiger partial charge in [-0.2, -0.15) is 5.26 Å². The highest BCUT2D eigenvalue weighted by Gasteiger charge is 2.18. The molecule has 8 nitrogen and oxygen atoms in total. The number of ether oxygens (including phenoxy) is 1. The first-order valence-corrected chi connectivity index (χ1v) is 10.4. The summed E-state index contributed by atoms with van der Waals surface area (Å²) in [5.41, 5.74) is 1.24. The van der Waals surface area contributed by atoms with Gasteiger partial charge in [-0.15, -0.1) is 0 Å². The number of halogens is 2. The van der Waals surface area contributed by atoms with Crippen LogP contribution in [-0.2, 0) is 4.79 Å². The van der Waals surface area contributed by atoms with Crippen LogP contribution in [0.4, 0.5) is 11.4 Å². The fourth-order valence-electron chi connectivity index (χ4n) is 2.77. The van der Waals surface area contributed by atoms with E-state index < -0.39 is 16.8 Å². The molecule has 0 unspecified atom stereocenters. The van der Waals surface area contributed by atoms with Crippen molar-refractivity contribution in [2.45, 2.75) is 6.92 Å². The van der Waals surface area contributed by atoms with Gasteiger partial charge in [0, 0.05) is 12.1 Å². The Morgan fingerprint density at radius 2 is 1.65 bits per heavy atom. The second-order valence-electron chi connectivity index (χ2n) is 6.99. The monoisotopic (exact) mass is 495 g/mol. The number of non-ortho nitro benzene ring substituents is 1. The van der Waals surface area contributed by atoms with Crippen molar-refractivity contribution in [1.29, 1.82) is 5.26 Å². The van der Waals surface area contributed by atoms with E-state index in [0.29, 0.717) is 11.1 Å². The molecule has 3 aromatic carbocycles. The smallest absolute Gasteiger partial charge is 0.343 e. The van der Waals surface area contributed by atoms with Crippen LogP contribution in [0, 0.1) is 28.4 Å². The Hall–Kier alpha value is -4.19. The number of amides is 1. The molecule has 3 rings (SSSR count). The average molecular weight is 496 g/mol. The standard InChI is InChI=1S/C24H15Cl2N3O5/c1-14-2-6-16(7-3-14)24(31)34-19-8-4-15(5-9-19)10-17(13-27)23(30)28-22-20(25)11-18(29(32)33)12-21(22)26/h2-12H,1H3,(H,28,30)/b17-10+. The number of hydrogen-bond acceptors (Lipinski definition) is 6. The zero-order valence-corrected chi connectivity index (χ0v) is 19.1. The van der Waals surface area contributed by atoms with Crippen LogP contribution < -0.4 is 10.1 Å². The molecule has 0 heterocycles. The first-order chi connectivity index (χ1) is 16.2. The van der Waals surface area contributed by atoms with E-state index in [2.05, 4.69) is 5.32 Å². The highest BCUT2D eigenvalue weighted by atomic mass is 35.5. The number of nitro benzene ring substituents is 1. The van der Waals surface area contributed by atoms with E-state index in [4.69, 9.17) is 27.9 Å². The molecular formula is C24H15Cl2N3O5. The molecule has 0 aliphatic heterocycles. The number of nitrogens with one attached hydrogen (secondary N) is 1. The lowest BCUT2D eigenvalue weighted by atomic mass is 10.1. The minimum atomic E-state index is -0.810. The summed E-state index contributed by atoms with van der Waals surface area (Å²) < 4.78 is 5.32. The number of esters is 1. The summed E-state index contributed by atoms with van der Waals surface area (Å²) in [6, 6.07) is 17.0. The van der Waals surface area contributed by atoms with Crippen molar-refractivity contribution >= 4 is 52.5 Å². The van der Waals surface area contributed by atoms with Gasteiger partial charge in [-0.3, -0.25) is 14.9 Å². The first kappa shape index (κ1) is 24.5. The third-order valence-electron chi connectivity index (χ3n) is 4.53. The summed E-state index contributed by atoms with van der Waals surface area (Å²) in [6.07, 6.45) is 1.31. The van der Waals surface area contributed by atoms with E-state index in [1.165, 1.54) is 18.2 Å². The number of anilines is 1. The second-order valence-corrected chi connectivity index (χ2v) is 7.80. The third-order valence-corrected chi connectivity index (χ3v) is 5.13. The summed E-state index contributed by atoms with van der Waals surface area (Å²) in [6.45, 7) is 1.91. The van der Waals surface area contributed by atoms with Gasteiger partial charge in [0.1, 0.15) is 17.4 Å². The Labute approximate surface area is 204 Å². The number of benzene rings is 3. The number of carbonyl (C=O) groups is 2. The Kier molecular flexibility index (Phi) is 7.64. The van der Waals surface area contributed by atoms with Gasteiger partial charge < -0.3 is 10.1 Å². The lowest BCUT2D eigenvalue weighted by Crippen LogP contribution is -2.14. The van der Waals surface area contributed by atoms with Crippen LogP contribution in [0.3, 0.4) is 0 Å². The summed E-state index contributed by atoms with van der Waals surface area (Å²) in [5.74, 6) is -1.04. The molecule has 34 heavy (non-hydrogen) atoms. The molecule has 0 bridgehead atoms. The zero-order valence-electron chi connectivity index (χ0n) is 17.5. The van der Waals surface area contributed by atoms with E-state index in [1.807, 2.05) is 6.92 Å². The van der Waals surface area contributed by atoms with Crippen LogP contribution in [0.2, 0.25) is 10.0 Å². The number of carbonyl (C=O) groups excluding carboxylic acids is 2. The Morgan fingerprint density at radius 3 is 2.18 bits per heavy atom. The topological polar surface area (TPSA) is 122 Å². The number of nitriles is 1. The molecule has 0 aliphatic rings. The van der Waals surface area contributed by atoms with Crippen LogP contribution in [0.15, 0.2) is 66.2 Å². The first-order valence-electron chi connectivity index (χ1n) is 9.63. The SMILES string of the molecule is Cc1ccc(C(=O)Oc2ccc(/C=C(\C#N)C(=O)Nc3c(Cl)cc([N+](=O)[O-])cc3Cl)cc2)cc1. The van der Waals surface area contributed by atoms with Crippen molar-refractivity contribution in [1.82, 2.24) is 0 Å². The predicted octanol–water partition coefficient (Wildman–Crippen LogP) is 5.97. The highest BCUT2D eigenvalue weighted by molar-refractivity contribution is 6.40. The molecule has 170 valence electrons. The summed E-state index contributed by atoms with van der Waals surface area (Å²) >= 11 is 12.0. The Bertz CT molecular complexity index is 1320. The average Bonchev–Trinajstić information content (AvgIpc) is 2.80. The van der Waals surface area contributed by atoms with Gasteiger partial charge in [-0.25, -0.2) is 4.79 Å². The van der Waals surface area contributed by atoms with E-state index in [0.717, 1.165) is 17.7 Å². The maximum atomic E-state index is 12.5. The van der Waals surface area contributed by atoms with E-state index in [9.17, 15) is 25.0 Å². The summed E-state index contributed by atoms with van der Waals surface area (Å²) in [4.78, 5) is 35.0. The van der Waals surface area contributed by atoms with Crippen molar-refractivity contribution in [3.8, 4) is 11.8 Å². The molecule has 0 aromatic heterocycles. The molecule has 0 radical (unpaired) electrons. The maximum Gasteiger partial charge on any atom is 0.343 e. The third kappa shape index (κ3) is 5.98. The number of nitrogens with zero attached hydrogens (tertiary/aromatic N) is 2. The van der Waals surface area contributed by atoms with Gasteiger partial charge in [0.15, 0.2) is 0 Å². The largest absolute Gasteiger partial charge is 0.423 e. The molecule has 0 saturated carbocycles. The van der Waals surface area contributed by atoms with Gasteiger partial charge in [-0.05, 0) is 42.8 Å². The van der Waals surface area contributed by atoms with Gasteiger partial charge >= 0.3 is 5.97 Å². The van der Waals surface area contributed by atoms with Crippen LogP contribution >= 0.6 is 23.2 Å². The molecule has 1 amide bonds. The van der Waals surface area contributed by atoms with Gasteiger partial charge in [0.2, 0.25) is 0 Å². The molecule has 10 heteroatoms. The van der Waals surface area contributed by atoms with E-state index >= 15 is 0 Å². The predicted molar refractivity (Wildman–Crippen MR) is 128 cm³/mol. The summed E-state index contributed by atoms with van der Waals surface area (Å²) in [7, 11) is 0. The van der Waals surface area contributed by atoms with Crippen LogP contribution in [-0.4, -0.2) is 16.8 Å². The molecule has 0 saturated heterocycles. The van der Waals surface area contributed by atoms with Gasteiger partial charge in [0.05, 0.1) is 26.2 Å². The van der Waals surface area contributed by atoms with Crippen molar-refractivity contribution in [3.63, 3.8) is 0 Å². The highest BCUT2D eigenvalue weighted by Crippen LogP contribution is 2.35.